The smallest absolute Gasteiger partial charge is 0.240 e. The van der Waals surface area contributed by atoms with Gasteiger partial charge in [-0.05, 0) is 19.9 Å². The highest BCUT2D eigenvalue weighted by Gasteiger charge is 2.30. The van der Waals surface area contributed by atoms with E-state index in [1.54, 1.807) is 0 Å². The molecule has 1 heterocycles. The quantitative estimate of drug-likeness (QED) is 0.709. The minimum absolute atomic E-state index is 0.102. The van der Waals surface area contributed by atoms with Crippen molar-refractivity contribution in [1.29, 1.82) is 0 Å². The second-order valence-corrected chi connectivity index (χ2v) is 4.91. The van der Waals surface area contributed by atoms with E-state index in [2.05, 4.69) is 18.9 Å². The van der Waals surface area contributed by atoms with Gasteiger partial charge in [0.15, 0.2) is 0 Å². The lowest BCUT2D eigenvalue weighted by molar-refractivity contribution is -0.137. The third-order valence-electron chi connectivity index (χ3n) is 3.12. The van der Waals surface area contributed by atoms with Crippen LogP contribution >= 0.6 is 0 Å². The Morgan fingerprint density at radius 1 is 1.40 bits per heavy atom. The van der Waals surface area contributed by atoms with Gasteiger partial charge in [-0.3, -0.25) is 4.79 Å². The van der Waals surface area contributed by atoms with E-state index in [-0.39, 0.29) is 23.9 Å². The molecule has 15 heavy (non-hydrogen) atoms. The highest BCUT2D eigenvalue weighted by Crippen LogP contribution is 2.11. The largest absolute Gasteiger partial charge is 0.336 e. The lowest BCUT2D eigenvalue weighted by Crippen LogP contribution is -2.57. The minimum atomic E-state index is -0.351. The molecule has 1 saturated heterocycles. The van der Waals surface area contributed by atoms with Crippen LogP contribution in [0, 0.1) is 5.92 Å². The number of likely N-dealkylation sites (N-methyl/N-ethyl adjacent to an activating group) is 1. The first-order chi connectivity index (χ1) is 6.93. The van der Waals surface area contributed by atoms with Crippen LogP contribution in [0.15, 0.2) is 0 Å². The molecule has 1 fully saturated rings. The zero-order chi connectivity index (χ0) is 11.6. The number of hydrogen-bond donors (Lipinski definition) is 1. The maximum Gasteiger partial charge on any atom is 0.240 e. The second-order valence-electron chi connectivity index (χ2n) is 4.91. The van der Waals surface area contributed by atoms with Crippen molar-refractivity contribution < 1.29 is 4.79 Å². The second kappa shape index (κ2) is 4.94. The molecule has 1 amide bonds. The number of nitrogens with two attached hydrogens (primary N) is 1. The summed E-state index contributed by atoms with van der Waals surface area (Å²) in [5, 5.41) is 0. The van der Waals surface area contributed by atoms with Gasteiger partial charge in [-0.2, -0.15) is 0 Å². The van der Waals surface area contributed by atoms with Gasteiger partial charge in [-0.15, -0.1) is 0 Å². The Kier molecular flexibility index (Phi) is 4.11. The van der Waals surface area contributed by atoms with Crippen LogP contribution in [0.25, 0.3) is 0 Å². The first kappa shape index (κ1) is 12.5. The SMILES string of the molecule is CC(C)C(N)C(=O)N1CCN(C)CC1C. The fourth-order valence-corrected chi connectivity index (χ4v) is 1.94. The van der Waals surface area contributed by atoms with Crippen molar-refractivity contribution in [3.8, 4) is 0 Å². The Morgan fingerprint density at radius 2 is 2.00 bits per heavy atom. The normalized spacial score (nSPS) is 25.7. The number of piperazine rings is 1. The predicted octanol–water partition coefficient (Wildman–Crippen LogP) is 0.132. The minimum Gasteiger partial charge on any atom is -0.336 e. The van der Waals surface area contributed by atoms with Gasteiger partial charge in [-0.1, -0.05) is 13.8 Å². The Balaban J connectivity index is 2.60. The zero-order valence-corrected chi connectivity index (χ0v) is 10.2. The van der Waals surface area contributed by atoms with Crippen LogP contribution in [0.1, 0.15) is 20.8 Å². The fraction of sp³-hybridized carbons (Fsp3) is 0.909. The third kappa shape index (κ3) is 2.92. The van der Waals surface area contributed by atoms with Gasteiger partial charge in [-0.25, -0.2) is 0 Å². The molecule has 1 aliphatic heterocycles. The van der Waals surface area contributed by atoms with Crippen LogP contribution in [0.4, 0.5) is 0 Å². The summed E-state index contributed by atoms with van der Waals surface area (Å²) >= 11 is 0. The Morgan fingerprint density at radius 3 is 2.47 bits per heavy atom. The zero-order valence-electron chi connectivity index (χ0n) is 10.2. The first-order valence-electron chi connectivity index (χ1n) is 5.68. The molecule has 0 radical (unpaired) electrons. The van der Waals surface area contributed by atoms with Crippen molar-refractivity contribution in [2.24, 2.45) is 11.7 Å². The van der Waals surface area contributed by atoms with E-state index in [0.29, 0.717) is 0 Å². The number of carbonyl (C=O) groups is 1. The molecule has 4 nitrogen and oxygen atoms in total. The average molecular weight is 213 g/mol. The Labute approximate surface area is 92.4 Å². The fourth-order valence-electron chi connectivity index (χ4n) is 1.94. The molecule has 2 unspecified atom stereocenters. The van der Waals surface area contributed by atoms with Crippen molar-refractivity contribution >= 4 is 5.91 Å². The molecule has 0 aliphatic carbocycles. The third-order valence-corrected chi connectivity index (χ3v) is 3.12. The van der Waals surface area contributed by atoms with Crippen LogP contribution in [0.5, 0.6) is 0 Å². The van der Waals surface area contributed by atoms with Gasteiger partial charge < -0.3 is 15.5 Å². The van der Waals surface area contributed by atoms with Crippen molar-refractivity contribution in [2.75, 3.05) is 26.7 Å². The van der Waals surface area contributed by atoms with Gasteiger partial charge in [0.05, 0.1) is 6.04 Å². The highest BCUT2D eigenvalue weighted by molar-refractivity contribution is 5.82. The molecule has 1 rings (SSSR count). The van der Waals surface area contributed by atoms with Crippen molar-refractivity contribution in [2.45, 2.75) is 32.9 Å². The van der Waals surface area contributed by atoms with E-state index in [1.807, 2.05) is 18.7 Å². The van der Waals surface area contributed by atoms with Gasteiger partial charge in [0, 0.05) is 25.7 Å². The maximum atomic E-state index is 12.0. The van der Waals surface area contributed by atoms with E-state index in [1.165, 1.54) is 0 Å². The van der Waals surface area contributed by atoms with E-state index in [9.17, 15) is 4.79 Å². The molecule has 2 atom stereocenters. The number of carbonyl (C=O) groups excluding carboxylic acids is 1. The lowest BCUT2D eigenvalue weighted by Gasteiger charge is -2.39. The number of nitrogens with zero attached hydrogens (tertiary/aromatic N) is 2. The van der Waals surface area contributed by atoms with Crippen LogP contribution in [-0.2, 0) is 4.79 Å². The Hall–Kier alpha value is -0.610. The lowest BCUT2D eigenvalue weighted by atomic mass is 10.0. The molecule has 0 bridgehead atoms. The molecule has 0 saturated carbocycles. The molecule has 0 spiro atoms. The molecular weight excluding hydrogens is 190 g/mol. The summed E-state index contributed by atoms with van der Waals surface area (Å²) in [7, 11) is 2.08. The number of hydrogen-bond acceptors (Lipinski definition) is 3. The van der Waals surface area contributed by atoms with E-state index >= 15 is 0 Å². The van der Waals surface area contributed by atoms with Gasteiger partial charge in [0.25, 0.3) is 0 Å². The van der Waals surface area contributed by atoms with E-state index in [0.717, 1.165) is 19.6 Å². The first-order valence-corrected chi connectivity index (χ1v) is 5.68. The molecule has 88 valence electrons. The summed E-state index contributed by atoms with van der Waals surface area (Å²) in [5.74, 6) is 0.315. The average Bonchev–Trinajstić information content (AvgIpc) is 2.15. The number of rotatable bonds is 2. The van der Waals surface area contributed by atoms with Crippen molar-refractivity contribution in [3.05, 3.63) is 0 Å². The Bertz CT molecular complexity index is 230. The summed E-state index contributed by atoms with van der Waals surface area (Å²) in [6, 6.07) is -0.0723. The van der Waals surface area contributed by atoms with E-state index in [4.69, 9.17) is 5.73 Å². The van der Waals surface area contributed by atoms with Gasteiger partial charge in [0.2, 0.25) is 5.91 Å². The molecular formula is C11H23N3O. The van der Waals surface area contributed by atoms with Crippen LogP contribution < -0.4 is 5.73 Å². The summed E-state index contributed by atoms with van der Waals surface area (Å²) in [4.78, 5) is 16.2. The highest BCUT2D eigenvalue weighted by atomic mass is 16.2. The standard InChI is InChI=1S/C11H23N3O/c1-8(2)10(12)11(15)14-6-5-13(4)7-9(14)3/h8-10H,5-7,12H2,1-4H3. The van der Waals surface area contributed by atoms with Crippen molar-refractivity contribution in [1.82, 2.24) is 9.80 Å². The predicted molar refractivity (Wildman–Crippen MR) is 61.5 cm³/mol. The number of amides is 1. The van der Waals surface area contributed by atoms with Gasteiger partial charge in [0.1, 0.15) is 0 Å². The molecule has 1 aliphatic rings. The summed E-state index contributed by atoms with van der Waals surface area (Å²) < 4.78 is 0. The van der Waals surface area contributed by atoms with Gasteiger partial charge >= 0.3 is 0 Å². The molecule has 0 aromatic carbocycles. The molecule has 0 aromatic rings. The molecule has 4 heteroatoms. The maximum absolute atomic E-state index is 12.0. The van der Waals surface area contributed by atoms with Crippen LogP contribution in [0.3, 0.4) is 0 Å². The summed E-state index contributed by atoms with van der Waals surface area (Å²) in [6.45, 7) is 8.75. The van der Waals surface area contributed by atoms with Crippen LogP contribution in [-0.4, -0.2) is 54.5 Å². The van der Waals surface area contributed by atoms with Crippen molar-refractivity contribution in [3.63, 3.8) is 0 Å². The summed E-state index contributed by atoms with van der Waals surface area (Å²) in [6.07, 6.45) is 0. The topological polar surface area (TPSA) is 49.6 Å². The van der Waals surface area contributed by atoms with Crippen LogP contribution in [0.2, 0.25) is 0 Å². The van der Waals surface area contributed by atoms with E-state index < -0.39 is 0 Å². The summed E-state index contributed by atoms with van der Waals surface area (Å²) in [5.41, 5.74) is 5.88. The monoisotopic (exact) mass is 213 g/mol. The molecule has 0 aromatic heterocycles. The molecule has 2 N–H and O–H groups in total.